The van der Waals surface area contributed by atoms with E-state index < -0.39 is 6.04 Å². The first-order valence-electron chi connectivity index (χ1n) is 7.21. The van der Waals surface area contributed by atoms with Crippen LogP contribution in [-0.4, -0.2) is 35.8 Å². The number of rotatable bonds is 5. The molecule has 1 fully saturated rings. The van der Waals surface area contributed by atoms with E-state index in [1.165, 1.54) is 11.3 Å². The van der Waals surface area contributed by atoms with Gasteiger partial charge in [-0.2, -0.15) is 0 Å². The van der Waals surface area contributed by atoms with E-state index >= 15 is 0 Å². The van der Waals surface area contributed by atoms with Gasteiger partial charge >= 0.3 is 0 Å². The van der Waals surface area contributed by atoms with Crippen molar-refractivity contribution in [2.24, 2.45) is 5.92 Å². The van der Waals surface area contributed by atoms with Gasteiger partial charge in [0.15, 0.2) is 0 Å². The van der Waals surface area contributed by atoms with Gasteiger partial charge in [-0.15, -0.1) is 11.3 Å². The molecule has 5 heteroatoms. The van der Waals surface area contributed by atoms with Gasteiger partial charge in [-0.3, -0.25) is 9.59 Å². The maximum Gasteiger partial charge on any atom is 0.261 e. The normalized spacial score (nSPS) is 16.4. The van der Waals surface area contributed by atoms with Crippen LogP contribution in [0.2, 0.25) is 0 Å². The van der Waals surface area contributed by atoms with Crippen LogP contribution in [0.4, 0.5) is 0 Å². The second kappa shape index (κ2) is 6.88. The molecule has 1 aromatic rings. The van der Waals surface area contributed by atoms with Crippen molar-refractivity contribution >= 4 is 23.2 Å². The Morgan fingerprint density at radius 2 is 2.05 bits per heavy atom. The summed E-state index contributed by atoms with van der Waals surface area (Å²) in [6.45, 7) is 5.79. The van der Waals surface area contributed by atoms with Gasteiger partial charge < -0.3 is 10.2 Å². The van der Waals surface area contributed by atoms with E-state index in [0.717, 1.165) is 25.9 Å². The van der Waals surface area contributed by atoms with Crippen LogP contribution in [0.3, 0.4) is 0 Å². The Labute approximate surface area is 124 Å². The van der Waals surface area contributed by atoms with Crippen LogP contribution in [-0.2, 0) is 4.79 Å². The molecule has 0 radical (unpaired) electrons. The SMILES string of the molecule is CC(C)C[C@@H](NC(=O)c1cccs1)C(=O)N1CCCC1. The van der Waals surface area contributed by atoms with Crippen LogP contribution in [0, 0.1) is 5.92 Å². The van der Waals surface area contributed by atoms with Crippen molar-refractivity contribution in [3.63, 3.8) is 0 Å². The predicted octanol–water partition coefficient (Wildman–Crippen LogP) is 2.52. The molecule has 0 spiro atoms. The number of likely N-dealkylation sites (tertiary alicyclic amines) is 1. The maximum atomic E-state index is 12.5. The summed E-state index contributed by atoms with van der Waals surface area (Å²) < 4.78 is 0. The number of hydrogen-bond donors (Lipinski definition) is 1. The van der Waals surface area contributed by atoms with Crippen molar-refractivity contribution < 1.29 is 9.59 Å². The Balaban J connectivity index is 2.02. The third-order valence-corrected chi connectivity index (χ3v) is 4.34. The van der Waals surface area contributed by atoms with E-state index in [9.17, 15) is 9.59 Å². The molecule has 1 N–H and O–H groups in total. The minimum atomic E-state index is -0.400. The Bertz CT molecular complexity index is 450. The molecule has 0 aliphatic carbocycles. The molecule has 0 aromatic carbocycles. The Hall–Kier alpha value is -1.36. The van der Waals surface area contributed by atoms with Crippen molar-refractivity contribution in [3.8, 4) is 0 Å². The van der Waals surface area contributed by atoms with E-state index in [1.807, 2.05) is 16.3 Å². The second-order valence-corrected chi connectivity index (χ2v) is 6.61. The number of nitrogens with zero attached hydrogens (tertiary/aromatic N) is 1. The molecule has 0 bridgehead atoms. The zero-order valence-electron chi connectivity index (χ0n) is 12.1. The quantitative estimate of drug-likeness (QED) is 0.907. The van der Waals surface area contributed by atoms with E-state index in [2.05, 4.69) is 19.2 Å². The molecule has 1 aliphatic heterocycles. The van der Waals surface area contributed by atoms with Crippen LogP contribution in [0.5, 0.6) is 0 Å². The lowest BCUT2D eigenvalue weighted by Crippen LogP contribution is -2.48. The van der Waals surface area contributed by atoms with E-state index in [4.69, 9.17) is 0 Å². The number of carbonyl (C=O) groups is 2. The van der Waals surface area contributed by atoms with Crippen LogP contribution < -0.4 is 5.32 Å². The maximum absolute atomic E-state index is 12.5. The molecule has 2 amide bonds. The predicted molar refractivity (Wildman–Crippen MR) is 80.8 cm³/mol. The molecule has 1 aromatic heterocycles. The second-order valence-electron chi connectivity index (χ2n) is 5.67. The van der Waals surface area contributed by atoms with E-state index in [0.29, 0.717) is 17.2 Å². The van der Waals surface area contributed by atoms with Crippen LogP contribution in [0.1, 0.15) is 42.8 Å². The third kappa shape index (κ3) is 3.82. The van der Waals surface area contributed by atoms with Crippen LogP contribution in [0.25, 0.3) is 0 Å². The smallest absolute Gasteiger partial charge is 0.261 e. The highest BCUT2D eigenvalue weighted by Gasteiger charge is 2.28. The molecule has 4 nitrogen and oxygen atoms in total. The number of hydrogen-bond acceptors (Lipinski definition) is 3. The fourth-order valence-electron chi connectivity index (χ4n) is 2.49. The van der Waals surface area contributed by atoms with E-state index in [-0.39, 0.29) is 11.8 Å². The molecule has 1 atom stereocenters. The monoisotopic (exact) mass is 294 g/mol. The summed E-state index contributed by atoms with van der Waals surface area (Å²) >= 11 is 1.40. The fourth-order valence-corrected chi connectivity index (χ4v) is 3.11. The molecule has 2 heterocycles. The number of nitrogens with one attached hydrogen (secondary N) is 1. The van der Waals surface area contributed by atoms with Crippen LogP contribution >= 0.6 is 11.3 Å². The van der Waals surface area contributed by atoms with Gasteiger partial charge in [0, 0.05) is 13.1 Å². The van der Waals surface area contributed by atoms with Gasteiger partial charge in [0.2, 0.25) is 5.91 Å². The van der Waals surface area contributed by atoms with Gasteiger partial charge in [0.05, 0.1) is 4.88 Å². The zero-order valence-corrected chi connectivity index (χ0v) is 12.9. The average Bonchev–Trinajstić information content (AvgIpc) is 3.09. The van der Waals surface area contributed by atoms with Gasteiger partial charge in [-0.05, 0) is 36.6 Å². The van der Waals surface area contributed by atoms with Crippen molar-refractivity contribution in [1.29, 1.82) is 0 Å². The number of carbonyl (C=O) groups excluding carboxylic acids is 2. The highest BCUT2D eigenvalue weighted by molar-refractivity contribution is 7.12. The summed E-state index contributed by atoms with van der Waals surface area (Å²) in [5.41, 5.74) is 0. The number of amides is 2. The molecular weight excluding hydrogens is 272 g/mol. The largest absolute Gasteiger partial charge is 0.341 e. The fraction of sp³-hybridized carbons (Fsp3) is 0.600. The summed E-state index contributed by atoms with van der Waals surface area (Å²) in [5.74, 6) is 0.300. The highest BCUT2D eigenvalue weighted by atomic mass is 32.1. The lowest BCUT2D eigenvalue weighted by molar-refractivity contribution is -0.132. The zero-order chi connectivity index (χ0) is 14.5. The van der Waals surface area contributed by atoms with Crippen molar-refractivity contribution in [3.05, 3.63) is 22.4 Å². The molecule has 110 valence electrons. The molecule has 1 aliphatic rings. The molecular formula is C15H22N2O2S. The van der Waals surface area contributed by atoms with Crippen molar-refractivity contribution in [1.82, 2.24) is 10.2 Å². The summed E-state index contributed by atoms with van der Waals surface area (Å²) in [6.07, 6.45) is 2.82. The average molecular weight is 294 g/mol. The Kier molecular flexibility index (Phi) is 5.17. The Morgan fingerprint density at radius 1 is 1.35 bits per heavy atom. The molecule has 2 rings (SSSR count). The summed E-state index contributed by atoms with van der Waals surface area (Å²) in [5, 5.41) is 4.78. The van der Waals surface area contributed by atoms with Gasteiger partial charge in [-0.1, -0.05) is 19.9 Å². The first-order chi connectivity index (χ1) is 9.58. The lowest BCUT2D eigenvalue weighted by atomic mass is 10.0. The summed E-state index contributed by atoms with van der Waals surface area (Å²) in [6, 6.07) is 3.23. The van der Waals surface area contributed by atoms with Gasteiger partial charge in [0.25, 0.3) is 5.91 Å². The highest BCUT2D eigenvalue weighted by Crippen LogP contribution is 2.15. The summed E-state index contributed by atoms with van der Waals surface area (Å²) in [4.78, 5) is 27.2. The lowest BCUT2D eigenvalue weighted by Gasteiger charge is -2.25. The van der Waals surface area contributed by atoms with Crippen molar-refractivity contribution in [2.45, 2.75) is 39.2 Å². The van der Waals surface area contributed by atoms with Gasteiger partial charge in [-0.25, -0.2) is 0 Å². The first kappa shape index (κ1) is 15.0. The van der Waals surface area contributed by atoms with E-state index in [1.54, 1.807) is 6.07 Å². The molecule has 20 heavy (non-hydrogen) atoms. The minimum absolute atomic E-state index is 0.0705. The first-order valence-corrected chi connectivity index (χ1v) is 8.09. The molecule has 1 saturated heterocycles. The third-order valence-electron chi connectivity index (χ3n) is 3.47. The van der Waals surface area contributed by atoms with Gasteiger partial charge in [0.1, 0.15) is 6.04 Å². The van der Waals surface area contributed by atoms with Crippen LogP contribution in [0.15, 0.2) is 17.5 Å². The Morgan fingerprint density at radius 3 is 2.60 bits per heavy atom. The minimum Gasteiger partial charge on any atom is -0.341 e. The molecule has 0 saturated carbocycles. The topological polar surface area (TPSA) is 49.4 Å². The molecule has 0 unspecified atom stereocenters. The standard InChI is InChI=1S/C15H22N2O2S/c1-11(2)10-12(15(19)17-7-3-4-8-17)16-14(18)13-6-5-9-20-13/h5-6,9,11-12H,3-4,7-8,10H2,1-2H3,(H,16,18)/t12-/m1/s1. The van der Waals surface area contributed by atoms with Crippen molar-refractivity contribution in [2.75, 3.05) is 13.1 Å². The number of thiophene rings is 1. The summed E-state index contributed by atoms with van der Waals surface area (Å²) in [7, 11) is 0.